The molecule has 0 atom stereocenters. The van der Waals surface area contributed by atoms with Crippen LogP contribution in [0.5, 0.6) is 5.75 Å². The van der Waals surface area contributed by atoms with Gasteiger partial charge >= 0.3 is 6.09 Å². The van der Waals surface area contributed by atoms with Crippen LogP contribution >= 0.6 is 0 Å². The highest BCUT2D eigenvalue weighted by Crippen LogP contribution is 2.16. The molecule has 0 N–H and O–H groups in total. The number of hydrogen-bond acceptors (Lipinski definition) is 2. The Morgan fingerprint density at radius 1 is 1.25 bits per heavy atom. The Balaban J connectivity index is 2.71. The highest BCUT2D eigenvalue weighted by Gasteiger charge is 2.26. The van der Waals surface area contributed by atoms with Gasteiger partial charge in [-0.15, -0.1) is 0 Å². The van der Waals surface area contributed by atoms with E-state index < -0.39 is 0 Å². The van der Waals surface area contributed by atoms with E-state index in [9.17, 15) is 4.79 Å². The number of benzene rings is 1. The van der Waals surface area contributed by atoms with Crippen molar-refractivity contribution in [2.45, 2.75) is 33.2 Å². The average Bonchev–Trinajstić information content (AvgIpc) is 2.17. The van der Waals surface area contributed by atoms with E-state index in [0.29, 0.717) is 12.3 Å². The summed E-state index contributed by atoms with van der Waals surface area (Å²) in [6.45, 7) is 8.54. The molecule has 0 aliphatic heterocycles. The van der Waals surface area contributed by atoms with Gasteiger partial charge in [-0.05, 0) is 39.8 Å². The molecule has 3 nitrogen and oxygen atoms in total. The molecule has 0 radical (unpaired) electrons. The van der Waals surface area contributed by atoms with Crippen LogP contribution in [0.2, 0.25) is 0 Å². The van der Waals surface area contributed by atoms with Crippen molar-refractivity contribution in [2.75, 3.05) is 6.54 Å². The molecule has 0 spiro atoms. The minimum absolute atomic E-state index is 0.222. The maximum atomic E-state index is 11.9. The SMILES string of the molecule is CCN(C(=O)Oc1ccccc1)C(C)(C)C. The van der Waals surface area contributed by atoms with Crippen molar-refractivity contribution in [3.05, 3.63) is 30.3 Å². The number of nitrogens with zero attached hydrogens (tertiary/aromatic N) is 1. The van der Waals surface area contributed by atoms with Crippen molar-refractivity contribution in [1.82, 2.24) is 4.90 Å². The number of rotatable bonds is 2. The molecule has 88 valence electrons. The summed E-state index contributed by atoms with van der Waals surface area (Å²) in [6, 6.07) is 9.12. The second-order valence-corrected chi connectivity index (χ2v) is 4.60. The van der Waals surface area contributed by atoms with Crippen molar-refractivity contribution >= 4 is 6.09 Å². The molecule has 1 aromatic rings. The van der Waals surface area contributed by atoms with Crippen LogP contribution in [0.4, 0.5) is 4.79 Å². The topological polar surface area (TPSA) is 29.5 Å². The first kappa shape index (κ1) is 12.6. The van der Waals surface area contributed by atoms with Gasteiger partial charge in [-0.25, -0.2) is 4.79 Å². The van der Waals surface area contributed by atoms with Crippen LogP contribution in [0.1, 0.15) is 27.7 Å². The van der Waals surface area contributed by atoms with E-state index in [0.717, 1.165) is 0 Å². The van der Waals surface area contributed by atoms with Gasteiger partial charge < -0.3 is 9.64 Å². The van der Waals surface area contributed by atoms with Gasteiger partial charge in [0.15, 0.2) is 0 Å². The van der Waals surface area contributed by atoms with Crippen LogP contribution in [0.3, 0.4) is 0 Å². The molecule has 0 heterocycles. The van der Waals surface area contributed by atoms with Gasteiger partial charge in [0.1, 0.15) is 5.75 Å². The zero-order chi connectivity index (χ0) is 12.2. The van der Waals surface area contributed by atoms with E-state index in [1.807, 2.05) is 45.9 Å². The van der Waals surface area contributed by atoms with E-state index >= 15 is 0 Å². The lowest BCUT2D eigenvalue weighted by Crippen LogP contribution is -2.46. The van der Waals surface area contributed by atoms with Crippen LogP contribution in [0, 0.1) is 0 Å². The number of ether oxygens (including phenoxy) is 1. The van der Waals surface area contributed by atoms with Gasteiger partial charge in [0.2, 0.25) is 0 Å². The Bertz CT molecular complexity index is 341. The molecule has 3 heteroatoms. The zero-order valence-corrected chi connectivity index (χ0v) is 10.4. The summed E-state index contributed by atoms with van der Waals surface area (Å²) in [5.41, 5.74) is -0.222. The standard InChI is InChI=1S/C13H19NO2/c1-5-14(13(2,3)4)12(15)16-11-9-7-6-8-10-11/h6-10H,5H2,1-4H3. The molecule has 1 rings (SSSR count). The number of hydrogen-bond donors (Lipinski definition) is 0. The molecule has 0 fully saturated rings. The largest absolute Gasteiger partial charge is 0.415 e. The van der Waals surface area contributed by atoms with Crippen LogP contribution in [0.25, 0.3) is 0 Å². The predicted molar refractivity (Wildman–Crippen MR) is 64.6 cm³/mol. The summed E-state index contributed by atoms with van der Waals surface area (Å²) in [5, 5.41) is 0. The van der Waals surface area contributed by atoms with Gasteiger partial charge in [0, 0.05) is 12.1 Å². The Kier molecular flexibility index (Phi) is 3.93. The summed E-state index contributed by atoms with van der Waals surface area (Å²) < 4.78 is 5.28. The molecule has 1 aromatic carbocycles. The van der Waals surface area contributed by atoms with E-state index in [1.165, 1.54) is 0 Å². The quantitative estimate of drug-likeness (QED) is 0.766. The summed E-state index contributed by atoms with van der Waals surface area (Å²) in [5.74, 6) is 0.579. The molecule has 0 aliphatic rings. The van der Waals surface area contributed by atoms with Crippen molar-refractivity contribution in [3.8, 4) is 5.75 Å². The van der Waals surface area contributed by atoms with Crippen molar-refractivity contribution in [2.24, 2.45) is 0 Å². The lowest BCUT2D eigenvalue weighted by Gasteiger charge is -2.33. The Hall–Kier alpha value is -1.51. The normalized spacial score (nSPS) is 11.0. The maximum Gasteiger partial charge on any atom is 0.415 e. The van der Waals surface area contributed by atoms with Crippen LogP contribution in [-0.4, -0.2) is 23.1 Å². The van der Waals surface area contributed by atoms with Gasteiger partial charge in [-0.1, -0.05) is 18.2 Å². The van der Waals surface area contributed by atoms with E-state index in [4.69, 9.17) is 4.74 Å². The van der Waals surface area contributed by atoms with Crippen molar-refractivity contribution < 1.29 is 9.53 Å². The summed E-state index contributed by atoms with van der Waals surface area (Å²) >= 11 is 0. The number of para-hydroxylation sites is 1. The third-order valence-electron chi connectivity index (χ3n) is 2.29. The monoisotopic (exact) mass is 221 g/mol. The molecular formula is C13H19NO2. The summed E-state index contributed by atoms with van der Waals surface area (Å²) in [6.07, 6.45) is -0.304. The van der Waals surface area contributed by atoms with E-state index in [1.54, 1.807) is 17.0 Å². The zero-order valence-electron chi connectivity index (χ0n) is 10.4. The molecule has 0 saturated heterocycles. The first-order valence-electron chi connectivity index (χ1n) is 5.49. The Morgan fingerprint density at radius 2 is 1.81 bits per heavy atom. The molecule has 1 amide bonds. The maximum absolute atomic E-state index is 11.9. The van der Waals surface area contributed by atoms with Crippen LogP contribution in [-0.2, 0) is 0 Å². The molecule has 16 heavy (non-hydrogen) atoms. The minimum atomic E-state index is -0.304. The molecule has 0 aliphatic carbocycles. The summed E-state index contributed by atoms with van der Waals surface area (Å²) in [7, 11) is 0. The fraction of sp³-hybridized carbons (Fsp3) is 0.462. The third kappa shape index (κ3) is 3.26. The lowest BCUT2D eigenvalue weighted by atomic mass is 10.1. The first-order chi connectivity index (χ1) is 7.45. The Labute approximate surface area is 97.0 Å². The smallest absolute Gasteiger partial charge is 0.410 e. The predicted octanol–water partition coefficient (Wildman–Crippen LogP) is 3.31. The molecule has 0 bridgehead atoms. The molecule has 0 unspecified atom stereocenters. The molecule has 0 saturated carbocycles. The van der Waals surface area contributed by atoms with E-state index in [2.05, 4.69) is 0 Å². The number of amides is 1. The molecular weight excluding hydrogens is 202 g/mol. The van der Waals surface area contributed by atoms with Crippen molar-refractivity contribution in [1.29, 1.82) is 0 Å². The van der Waals surface area contributed by atoms with Gasteiger partial charge in [0.05, 0.1) is 0 Å². The Morgan fingerprint density at radius 3 is 2.25 bits per heavy atom. The highest BCUT2D eigenvalue weighted by molar-refractivity contribution is 5.71. The van der Waals surface area contributed by atoms with Gasteiger partial charge in [-0.3, -0.25) is 0 Å². The second kappa shape index (κ2) is 5.01. The minimum Gasteiger partial charge on any atom is -0.410 e. The fourth-order valence-corrected chi connectivity index (χ4v) is 1.52. The second-order valence-electron chi connectivity index (χ2n) is 4.60. The fourth-order valence-electron chi connectivity index (χ4n) is 1.52. The summed E-state index contributed by atoms with van der Waals surface area (Å²) in [4.78, 5) is 13.6. The van der Waals surface area contributed by atoms with Gasteiger partial charge in [0.25, 0.3) is 0 Å². The lowest BCUT2D eigenvalue weighted by molar-refractivity contribution is 0.110. The van der Waals surface area contributed by atoms with Crippen molar-refractivity contribution in [3.63, 3.8) is 0 Å². The van der Waals surface area contributed by atoms with Crippen LogP contribution in [0.15, 0.2) is 30.3 Å². The number of carbonyl (C=O) groups is 1. The number of carbonyl (C=O) groups excluding carboxylic acids is 1. The first-order valence-corrected chi connectivity index (χ1v) is 5.49. The van der Waals surface area contributed by atoms with Gasteiger partial charge in [-0.2, -0.15) is 0 Å². The third-order valence-corrected chi connectivity index (χ3v) is 2.29. The highest BCUT2D eigenvalue weighted by atomic mass is 16.6. The average molecular weight is 221 g/mol. The van der Waals surface area contributed by atoms with Crippen LogP contribution < -0.4 is 4.74 Å². The van der Waals surface area contributed by atoms with E-state index in [-0.39, 0.29) is 11.6 Å². The molecule has 0 aromatic heterocycles.